The maximum absolute atomic E-state index is 13.6. The second-order valence-electron chi connectivity index (χ2n) is 5.63. The minimum atomic E-state index is -0.612. The van der Waals surface area contributed by atoms with Gasteiger partial charge in [-0.3, -0.25) is 9.36 Å². The normalized spacial score (nSPS) is 10.7. The average Bonchev–Trinajstić information content (AvgIpc) is 2.91. The van der Waals surface area contributed by atoms with Crippen LogP contribution in [0.1, 0.15) is 10.4 Å². The fraction of sp³-hybridized carbons (Fsp3) is 0.167. The number of hydrogen-bond donors (Lipinski definition) is 1. The number of carbonyl (C=O) groups is 1. The highest BCUT2D eigenvalue weighted by molar-refractivity contribution is 5.94. The van der Waals surface area contributed by atoms with Crippen LogP contribution in [0.3, 0.4) is 0 Å². The van der Waals surface area contributed by atoms with E-state index in [1.807, 2.05) is 0 Å². The molecule has 1 amide bonds. The van der Waals surface area contributed by atoms with E-state index < -0.39 is 11.7 Å². The Kier molecular flexibility index (Phi) is 4.92. The van der Waals surface area contributed by atoms with Gasteiger partial charge in [-0.2, -0.15) is 0 Å². The van der Waals surface area contributed by atoms with Gasteiger partial charge in [-0.1, -0.05) is 12.1 Å². The lowest BCUT2D eigenvalue weighted by molar-refractivity contribution is 0.0947. The molecule has 3 rings (SSSR count). The third-order valence-corrected chi connectivity index (χ3v) is 3.87. The van der Waals surface area contributed by atoms with Gasteiger partial charge in [0.25, 0.3) is 5.91 Å². The summed E-state index contributed by atoms with van der Waals surface area (Å²) in [6.07, 6.45) is 0. The van der Waals surface area contributed by atoms with E-state index >= 15 is 0 Å². The first-order valence-corrected chi connectivity index (χ1v) is 7.90. The van der Waals surface area contributed by atoms with E-state index in [4.69, 9.17) is 0 Å². The number of amides is 1. The van der Waals surface area contributed by atoms with Crippen molar-refractivity contribution < 1.29 is 13.6 Å². The highest BCUT2D eigenvalue weighted by Gasteiger charge is 2.13. The summed E-state index contributed by atoms with van der Waals surface area (Å²) in [7, 11) is 1.56. The van der Waals surface area contributed by atoms with Crippen molar-refractivity contribution in [1.29, 1.82) is 0 Å². The Morgan fingerprint density at radius 3 is 2.50 bits per heavy atom. The fourth-order valence-electron chi connectivity index (χ4n) is 2.50. The molecule has 8 heteroatoms. The Morgan fingerprint density at radius 2 is 1.81 bits per heavy atom. The molecule has 0 fully saturated rings. The second kappa shape index (κ2) is 7.30. The molecule has 0 spiro atoms. The van der Waals surface area contributed by atoms with E-state index in [1.54, 1.807) is 13.1 Å². The molecule has 6 nitrogen and oxygen atoms in total. The molecule has 1 N–H and O–H groups in total. The van der Waals surface area contributed by atoms with Gasteiger partial charge < -0.3 is 5.32 Å². The first kappa shape index (κ1) is 17.5. The number of carbonyl (C=O) groups excluding carboxylic acids is 1. The molecule has 0 radical (unpaired) electrons. The zero-order valence-corrected chi connectivity index (χ0v) is 13.9. The van der Waals surface area contributed by atoms with E-state index in [1.165, 1.54) is 51.7 Å². The van der Waals surface area contributed by atoms with E-state index in [9.17, 15) is 18.4 Å². The molecule has 0 unspecified atom stereocenters. The van der Waals surface area contributed by atoms with Crippen LogP contribution in [0, 0.1) is 11.6 Å². The van der Waals surface area contributed by atoms with Gasteiger partial charge in [0.15, 0.2) is 5.82 Å². The van der Waals surface area contributed by atoms with Crippen LogP contribution in [0.4, 0.5) is 8.78 Å². The van der Waals surface area contributed by atoms with Crippen LogP contribution in [0.25, 0.3) is 11.4 Å². The maximum atomic E-state index is 13.6. The van der Waals surface area contributed by atoms with Crippen LogP contribution in [-0.4, -0.2) is 26.8 Å². The lowest BCUT2D eigenvalue weighted by atomic mass is 10.2. The summed E-state index contributed by atoms with van der Waals surface area (Å²) in [5.74, 6) is -1.17. The minimum Gasteiger partial charge on any atom is -0.350 e. The summed E-state index contributed by atoms with van der Waals surface area (Å²) in [6, 6.07) is 11.3. The molecular formula is C18H16F2N4O2. The summed E-state index contributed by atoms with van der Waals surface area (Å²) < 4.78 is 29.1. The quantitative estimate of drug-likeness (QED) is 0.758. The van der Waals surface area contributed by atoms with Crippen LogP contribution in [0.2, 0.25) is 0 Å². The molecule has 2 aromatic carbocycles. The molecule has 0 bridgehead atoms. The fourth-order valence-corrected chi connectivity index (χ4v) is 2.50. The molecule has 0 aliphatic carbocycles. The summed E-state index contributed by atoms with van der Waals surface area (Å²) in [5.41, 5.74) is 0.164. The molecule has 1 heterocycles. The molecular weight excluding hydrogens is 342 g/mol. The second-order valence-corrected chi connectivity index (χ2v) is 5.63. The summed E-state index contributed by atoms with van der Waals surface area (Å²) in [5, 5.41) is 6.77. The van der Waals surface area contributed by atoms with Crippen molar-refractivity contribution in [2.75, 3.05) is 6.54 Å². The number of rotatable bonds is 5. The zero-order valence-electron chi connectivity index (χ0n) is 13.9. The van der Waals surface area contributed by atoms with Crippen molar-refractivity contribution in [3.63, 3.8) is 0 Å². The van der Waals surface area contributed by atoms with Crippen molar-refractivity contribution >= 4 is 5.91 Å². The third kappa shape index (κ3) is 3.53. The van der Waals surface area contributed by atoms with Crippen molar-refractivity contribution in [3.8, 4) is 11.4 Å². The van der Waals surface area contributed by atoms with Crippen molar-refractivity contribution in [2.24, 2.45) is 7.05 Å². The first-order chi connectivity index (χ1) is 12.5. The number of nitrogens with one attached hydrogen (secondary N) is 1. The predicted molar refractivity (Wildman–Crippen MR) is 91.6 cm³/mol. The van der Waals surface area contributed by atoms with E-state index in [-0.39, 0.29) is 30.2 Å². The van der Waals surface area contributed by atoms with Gasteiger partial charge in [-0.15, -0.1) is 5.10 Å². The monoisotopic (exact) mass is 358 g/mol. The molecule has 0 aliphatic rings. The molecule has 0 saturated heterocycles. The van der Waals surface area contributed by atoms with Crippen LogP contribution in [0.15, 0.2) is 53.3 Å². The van der Waals surface area contributed by atoms with Crippen molar-refractivity contribution in [3.05, 3.63) is 76.2 Å². The number of halogens is 2. The Morgan fingerprint density at radius 1 is 1.12 bits per heavy atom. The van der Waals surface area contributed by atoms with E-state index in [0.29, 0.717) is 11.4 Å². The van der Waals surface area contributed by atoms with E-state index in [0.717, 1.165) is 0 Å². The Labute approximate surface area is 147 Å². The van der Waals surface area contributed by atoms with Gasteiger partial charge in [-0.05, 0) is 36.4 Å². The van der Waals surface area contributed by atoms with Gasteiger partial charge >= 0.3 is 5.69 Å². The number of aromatic nitrogens is 3. The molecule has 0 atom stereocenters. The van der Waals surface area contributed by atoms with Crippen molar-refractivity contribution in [1.82, 2.24) is 19.7 Å². The molecule has 26 heavy (non-hydrogen) atoms. The third-order valence-electron chi connectivity index (χ3n) is 3.87. The first-order valence-electron chi connectivity index (χ1n) is 7.90. The highest BCUT2D eigenvalue weighted by atomic mass is 19.1. The molecule has 3 aromatic rings. The smallest absolute Gasteiger partial charge is 0.345 e. The standard InChI is InChI=1S/C18H16F2N4O2/c1-23-16(12-6-8-13(19)9-7-12)22-24(18(23)26)11-10-21-17(25)14-4-2-3-5-15(14)20/h2-9H,10-11H2,1H3,(H,21,25). The summed E-state index contributed by atoms with van der Waals surface area (Å²) in [4.78, 5) is 24.2. The van der Waals surface area contributed by atoms with Crippen LogP contribution >= 0.6 is 0 Å². The zero-order chi connectivity index (χ0) is 18.7. The highest BCUT2D eigenvalue weighted by Crippen LogP contribution is 2.15. The van der Waals surface area contributed by atoms with Crippen LogP contribution in [0.5, 0.6) is 0 Å². The minimum absolute atomic E-state index is 0.0622. The summed E-state index contributed by atoms with van der Waals surface area (Å²) in [6.45, 7) is 0.223. The number of hydrogen-bond acceptors (Lipinski definition) is 3. The molecule has 1 aromatic heterocycles. The van der Waals surface area contributed by atoms with Gasteiger partial charge in [0.05, 0.1) is 12.1 Å². The van der Waals surface area contributed by atoms with Crippen molar-refractivity contribution in [2.45, 2.75) is 6.54 Å². The Hall–Kier alpha value is -3.29. The Bertz CT molecular complexity index is 993. The molecule has 0 saturated carbocycles. The van der Waals surface area contributed by atoms with E-state index in [2.05, 4.69) is 10.4 Å². The van der Waals surface area contributed by atoms with Crippen LogP contribution < -0.4 is 11.0 Å². The lowest BCUT2D eigenvalue weighted by Crippen LogP contribution is -2.32. The summed E-state index contributed by atoms with van der Waals surface area (Å²) >= 11 is 0. The van der Waals surface area contributed by atoms with Gasteiger partial charge in [0.1, 0.15) is 11.6 Å². The predicted octanol–water partition coefficient (Wildman–Crippen LogP) is 1.96. The largest absolute Gasteiger partial charge is 0.350 e. The van der Waals surface area contributed by atoms with Crippen LogP contribution in [-0.2, 0) is 13.6 Å². The molecule has 134 valence electrons. The van der Waals surface area contributed by atoms with Gasteiger partial charge in [0, 0.05) is 19.2 Å². The molecule has 0 aliphatic heterocycles. The maximum Gasteiger partial charge on any atom is 0.345 e. The van der Waals surface area contributed by atoms with Gasteiger partial charge in [0.2, 0.25) is 0 Å². The number of nitrogens with zero attached hydrogens (tertiary/aromatic N) is 3. The SMILES string of the molecule is Cn1c(-c2ccc(F)cc2)nn(CCNC(=O)c2ccccc2F)c1=O. The van der Waals surface area contributed by atoms with Gasteiger partial charge in [-0.25, -0.2) is 18.3 Å². The average molecular weight is 358 g/mol. The Balaban J connectivity index is 1.70. The number of benzene rings is 2. The topological polar surface area (TPSA) is 68.9 Å². The lowest BCUT2D eigenvalue weighted by Gasteiger charge is -2.05.